The zero-order chi connectivity index (χ0) is 44.1. The first kappa shape index (κ1) is 50.1. The van der Waals surface area contributed by atoms with Gasteiger partial charge in [-0.1, -0.05) is 53.2 Å². The number of rotatable bonds is 9. The third-order valence-corrected chi connectivity index (χ3v) is 18.3. The smallest absolute Gasteiger partial charge is 0.726 e. The molecule has 0 unspecified atom stereocenters. The summed E-state index contributed by atoms with van der Waals surface area (Å²) in [5.41, 5.74) is -1.65. The minimum atomic E-state index is -4.97. The maximum absolute atomic E-state index is 14.9. The Morgan fingerprint density at radius 1 is 0.803 bits per heavy atom. The molecule has 0 aromatic carbocycles. The summed E-state index contributed by atoms with van der Waals surface area (Å²) >= 11 is 0. The Morgan fingerprint density at radius 3 is 2.07 bits per heavy atom. The second kappa shape index (κ2) is 17.7. The number of hydrogen-bond donors (Lipinski definition) is 8. The second-order valence-electron chi connectivity index (χ2n) is 20.5. The molecule has 6 fully saturated rings. The molecule has 2 saturated heterocycles. The van der Waals surface area contributed by atoms with E-state index in [4.69, 9.17) is 23.1 Å². The predicted molar refractivity (Wildman–Crippen MR) is 207 cm³/mol. The van der Waals surface area contributed by atoms with Crippen molar-refractivity contribution in [2.45, 2.75) is 167 Å². The third-order valence-electron chi connectivity index (χ3n) is 17.9. The van der Waals surface area contributed by atoms with Crippen molar-refractivity contribution in [1.82, 2.24) is 0 Å². The van der Waals surface area contributed by atoms with Gasteiger partial charge >= 0.3 is 35.5 Å². The summed E-state index contributed by atoms with van der Waals surface area (Å²) in [6.45, 7) is 11.5. The first-order valence-electron chi connectivity index (χ1n) is 21.7. The van der Waals surface area contributed by atoms with Crippen LogP contribution in [0.2, 0.25) is 0 Å². The molecule has 61 heavy (non-hydrogen) atoms. The minimum Gasteiger partial charge on any atom is -0.726 e. The quantitative estimate of drug-likeness (QED) is 0.0395. The summed E-state index contributed by atoms with van der Waals surface area (Å²) in [7, 11) is -4.97. The monoisotopic (exact) mass is 898 g/mol. The summed E-state index contributed by atoms with van der Waals surface area (Å²) in [6, 6.07) is 0. The summed E-state index contributed by atoms with van der Waals surface area (Å²) in [5, 5.41) is 84.5. The average Bonchev–Trinajstić information content (AvgIpc) is 3.19. The Balaban J connectivity index is 0.00000622. The van der Waals surface area contributed by atoms with Crippen LogP contribution in [-0.4, -0.2) is 147 Å². The topological polar surface area (TPSA) is 282 Å². The molecule has 2 heterocycles. The van der Waals surface area contributed by atoms with Gasteiger partial charge in [0, 0.05) is 5.41 Å². The van der Waals surface area contributed by atoms with Crippen LogP contribution in [0.5, 0.6) is 0 Å². The third kappa shape index (κ3) is 8.08. The fraction of sp³-hybridized carbons (Fsp3) is 0.929. The van der Waals surface area contributed by atoms with Crippen LogP contribution in [0, 0.1) is 56.7 Å². The molecule has 17 nitrogen and oxygen atoms in total. The Labute approximate surface area is 380 Å². The van der Waals surface area contributed by atoms with Gasteiger partial charge in [-0.3, -0.25) is 8.98 Å². The van der Waals surface area contributed by atoms with Gasteiger partial charge in [0.15, 0.2) is 6.29 Å². The normalized spacial score (nSPS) is 52.3. The van der Waals surface area contributed by atoms with Gasteiger partial charge in [0.25, 0.3) is 0 Å². The van der Waals surface area contributed by atoms with Gasteiger partial charge in [0.2, 0.25) is 16.7 Å². The first-order chi connectivity index (χ1) is 27.9. The second-order valence-corrected chi connectivity index (χ2v) is 21.5. The molecule has 21 atom stereocenters. The molecule has 0 spiro atoms. The van der Waals surface area contributed by atoms with E-state index >= 15 is 0 Å². The molecular weight excluding hydrogens is 832 g/mol. The van der Waals surface area contributed by atoms with Gasteiger partial charge in [-0.15, -0.1) is 0 Å². The van der Waals surface area contributed by atoms with Crippen molar-refractivity contribution in [3.63, 3.8) is 0 Å². The largest absolute Gasteiger partial charge is 1.00 e. The summed E-state index contributed by atoms with van der Waals surface area (Å²) in [6.07, 6.45) is -9.09. The van der Waals surface area contributed by atoms with Crippen LogP contribution in [0.3, 0.4) is 0 Å². The summed E-state index contributed by atoms with van der Waals surface area (Å²) < 4.78 is 62.6. The van der Waals surface area contributed by atoms with E-state index in [2.05, 4.69) is 40.7 Å². The Bertz CT molecular complexity index is 1750. The summed E-state index contributed by atoms with van der Waals surface area (Å²) in [5.74, 6) is -0.443. The number of esters is 1. The van der Waals surface area contributed by atoms with Crippen LogP contribution < -0.4 is 29.6 Å². The molecule has 0 bridgehead atoms. The molecule has 344 valence electrons. The fourth-order valence-electron chi connectivity index (χ4n) is 13.8. The van der Waals surface area contributed by atoms with Gasteiger partial charge < -0.3 is 64.4 Å². The molecule has 7 rings (SSSR count). The van der Waals surface area contributed by atoms with Gasteiger partial charge in [-0.05, 0) is 104 Å². The number of ether oxygens (including phenoxy) is 4. The van der Waals surface area contributed by atoms with Crippen LogP contribution >= 0.6 is 0 Å². The standard InChI is InChI=1S/C42H68O17S.Na/c1-20-9-14-42(37(51)59-36-34(50)32(48)30(46)24(58-36)18-55-35-33(49)31(47)29(45)23(17-43)57-35)16-15-40(5)22(28(42)21(20)2)7-8-26-38(3)12-11-27(44)39(4,19-56-60(52,53)54)25(38)10-13-41(26,40)6;/h7,20-21,23-36,43-50H,8-19H2,1-6H3,(H,52,53,54);/q;+1/p-1/t20-,21+,23-,24-,25-,26-,27+,28+,29-,30-,31+,32+,33-,34-,35-,36+,38+,39+,40-,41-,42+;/m1./s1. The van der Waals surface area contributed by atoms with Crippen molar-refractivity contribution in [2.24, 2.45) is 56.7 Å². The van der Waals surface area contributed by atoms with E-state index in [0.717, 1.165) is 19.3 Å². The zero-order valence-corrected chi connectivity index (χ0v) is 39.3. The van der Waals surface area contributed by atoms with Crippen molar-refractivity contribution >= 4 is 16.4 Å². The van der Waals surface area contributed by atoms with Crippen LogP contribution in [-0.2, 0) is 38.3 Å². The number of hydrogen-bond acceptors (Lipinski definition) is 17. The Kier molecular flexibility index (Phi) is 14.5. The van der Waals surface area contributed by atoms with E-state index in [1.54, 1.807) is 0 Å². The molecular formula is C42H67NaO17S. The Morgan fingerprint density at radius 2 is 1.43 bits per heavy atom. The SMILES string of the molecule is C[C@H]1[C@H](C)CC[C@]2(C(=O)O[C@@H]3O[C@H](CO[C@@H]4O[C@H](CO)[C@@H](O)[C@H](O)[C@H]4O)[C@@H](O)[C@H](O)[C@H]3O)CC[C@]3(C)C(=CC[C@@H]4[C@@]5(C)CC[C@H](O)[C@@](C)(COS(=O)(=O)[O-])[C@@H]5CC[C@]43C)[C@H]12.[Na+]. The number of aliphatic hydroxyl groups is 8. The molecule has 2 aliphatic heterocycles. The van der Waals surface area contributed by atoms with Crippen molar-refractivity contribution in [3.8, 4) is 0 Å². The number of allylic oxidation sites excluding steroid dienone is 2. The van der Waals surface area contributed by atoms with E-state index < -0.39 is 108 Å². The predicted octanol–water partition coefficient (Wildman–Crippen LogP) is -2.37. The molecule has 7 aliphatic rings. The maximum Gasteiger partial charge on any atom is 1.00 e. The van der Waals surface area contributed by atoms with E-state index in [1.165, 1.54) is 5.57 Å². The molecule has 0 aromatic rings. The number of fused-ring (bicyclic) bond motifs is 7. The van der Waals surface area contributed by atoms with Crippen LogP contribution in [0.15, 0.2) is 11.6 Å². The molecule has 0 amide bonds. The zero-order valence-electron chi connectivity index (χ0n) is 36.5. The van der Waals surface area contributed by atoms with E-state index in [0.29, 0.717) is 38.5 Å². The maximum atomic E-state index is 14.9. The van der Waals surface area contributed by atoms with Crippen LogP contribution in [0.1, 0.15) is 99.3 Å². The molecule has 4 saturated carbocycles. The molecule has 5 aliphatic carbocycles. The van der Waals surface area contributed by atoms with Crippen molar-refractivity contribution in [2.75, 3.05) is 19.8 Å². The van der Waals surface area contributed by atoms with Crippen LogP contribution in [0.4, 0.5) is 0 Å². The van der Waals surface area contributed by atoms with Gasteiger partial charge in [-0.2, -0.15) is 0 Å². The number of carbonyl (C=O) groups is 1. The number of aliphatic hydroxyl groups excluding tert-OH is 8. The number of carbonyl (C=O) groups excluding carboxylic acids is 1. The van der Waals surface area contributed by atoms with Crippen LogP contribution in [0.25, 0.3) is 0 Å². The molecule has 0 radical (unpaired) electrons. The molecule has 0 aromatic heterocycles. The average molecular weight is 899 g/mol. The van der Waals surface area contributed by atoms with Crippen molar-refractivity contribution < 1.29 is 111 Å². The van der Waals surface area contributed by atoms with Crippen molar-refractivity contribution in [3.05, 3.63) is 11.6 Å². The first-order valence-corrected chi connectivity index (χ1v) is 23.0. The van der Waals surface area contributed by atoms with E-state index in [1.807, 2.05) is 6.92 Å². The molecule has 19 heteroatoms. The van der Waals surface area contributed by atoms with Gasteiger partial charge in [0.05, 0.1) is 31.3 Å². The fourth-order valence-corrected chi connectivity index (χ4v) is 14.2. The minimum absolute atomic E-state index is 0. The molecule has 8 N–H and O–H groups in total. The van der Waals surface area contributed by atoms with Crippen molar-refractivity contribution in [1.29, 1.82) is 0 Å². The Hall–Kier alpha value is -0.360. The van der Waals surface area contributed by atoms with E-state index in [9.17, 15) is 58.6 Å². The van der Waals surface area contributed by atoms with Gasteiger partial charge in [0.1, 0.15) is 48.8 Å². The van der Waals surface area contributed by atoms with Gasteiger partial charge in [-0.25, -0.2) is 8.42 Å². The summed E-state index contributed by atoms with van der Waals surface area (Å²) in [4.78, 5) is 14.9. The van der Waals surface area contributed by atoms with E-state index in [-0.39, 0.29) is 82.0 Å².